The summed E-state index contributed by atoms with van der Waals surface area (Å²) in [5.74, 6) is 3.88. The number of likely N-dealkylation sites (tertiary alicyclic amines) is 1. The van der Waals surface area contributed by atoms with Gasteiger partial charge in [-0.05, 0) is 60.7 Å². The molecule has 4 aliphatic rings. The van der Waals surface area contributed by atoms with E-state index >= 15 is 0 Å². The van der Waals surface area contributed by atoms with Crippen LogP contribution in [0.5, 0.6) is 0 Å². The van der Waals surface area contributed by atoms with Crippen molar-refractivity contribution < 1.29 is 9.59 Å². The Morgan fingerprint density at radius 3 is 2.50 bits per heavy atom. The minimum Gasteiger partial charge on any atom is -0.342 e. The summed E-state index contributed by atoms with van der Waals surface area (Å²) in [5, 5.41) is 0. The van der Waals surface area contributed by atoms with E-state index in [1.165, 1.54) is 6.42 Å². The topological polar surface area (TPSA) is 37.4 Å². The van der Waals surface area contributed by atoms with Crippen molar-refractivity contribution in [2.75, 3.05) is 7.05 Å². The molecule has 0 radical (unpaired) electrons. The van der Waals surface area contributed by atoms with Crippen LogP contribution in [0.25, 0.3) is 0 Å². The highest BCUT2D eigenvalue weighted by atomic mass is 16.2. The largest absolute Gasteiger partial charge is 0.342 e. The van der Waals surface area contributed by atoms with E-state index in [1.54, 1.807) is 0 Å². The Morgan fingerprint density at radius 2 is 1.79 bits per heavy atom. The minimum atomic E-state index is -0.0750. The molecule has 4 fully saturated rings. The Morgan fingerprint density at radius 1 is 1.08 bits per heavy atom. The maximum Gasteiger partial charge on any atom is 0.222 e. The molecule has 1 heterocycles. The molecule has 0 aromatic heterocycles. The van der Waals surface area contributed by atoms with Gasteiger partial charge in [0.1, 0.15) is 5.78 Å². The van der Waals surface area contributed by atoms with Crippen LogP contribution in [-0.2, 0) is 9.59 Å². The molecule has 0 spiro atoms. The SMILES string of the molecule is CC1CC(=O)[C@@]2(C)CCC3C(C12)[C@@H](C)CC1N(C)C(=O)CC[C@]31C. The van der Waals surface area contributed by atoms with E-state index < -0.39 is 0 Å². The fourth-order valence-electron chi connectivity index (χ4n) is 7.70. The van der Waals surface area contributed by atoms with Gasteiger partial charge in [-0.2, -0.15) is 0 Å². The monoisotopic (exact) mass is 331 g/mol. The Kier molecular flexibility index (Phi) is 3.51. The average Bonchev–Trinajstić information content (AvgIpc) is 2.76. The maximum absolute atomic E-state index is 12.7. The first-order valence-electron chi connectivity index (χ1n) is 9.99. The first-order valence-corrected chi connectivity index (χ1v) is 9.99. The molecule has 4 rings (SSSR count). The van der Waals surface area contributed by atoms with E-state index in [0.717, 1.165) is 25.7 Å². The molecule has 1 saturated heterocycles. The van der Waals surface area contributed by atoms with Gasteiger partial charge >= 0.3 is 0 Å². The number of piperidine rings is 1. The number of carbonyl (C=O) groups is 2. The van der Waals surface area contributed by atoms with Crippen molar-refractivity contribution in [2.24, 2.45) is 40.4 Å². The molecule has 5 unspecified atom stereocenters. The molecule has 8 atom stereocenters. The summed E-state index contributed by atoms with van der Waals surface area (Å²) < 4.78 is 0. The highest BCUT2D eigenvalue weighted by Crippen LogP contribution is 2.66. The van der Waals surface area contributed by atoms with Gasteiger partial charge in [0.25, 0.3) is 0 Å². The van der Waals surface area contributed by atoms with Gasteiger partial charge in [0, 0.05) is 31.3 Å². The zero-order valence-corrected chi connectivity index (χ0v) is 16.0. The van der Waals surface area contributed by atoms with Crippen LogP contribution in [0, 0.1) is 40.4 Å². The molecular weight excluding hydrogens is 298 g/mol. The second-order valence-electron chi connectivity index (χ2n) is 10.0. The van der Waals surface area contributed by atoms with Crippen molar-refractivity contribution in [3.63, 3.8) is 0 Å². The molecule has 3 heteroatoms. The standard InChI is InChI=1S/C21H33NO2/c1-12-10-15-20(3,9-7-17(24)22(15)5)14-6-8-21(4)16(23)11-13(2)19(21)18(12)14/h12-15,18-19H,6-11H2,1-5H3/t12-,13?,14?,15?,18?,19?,20+,21+/m0/s1. The molecule has 0 aromatic rings. The lowest BCUT2D eigenvalue weighted by Gasteiger charge is -2.63. The van der Waals surface area contributed by atoms with Crippen LogP contribution in [0.1, 0.15) is 66.2 Å². The van der Waals surface area contributed by atoms with E-state index in [9.17, 15) is 9.59 Å². The van der Waals surface area contributed by atoms with Crippen molar-refractivity contribution in [2.45, 2.75) is 72.3 Å². The lowest BCUT2D eigenvalue weighted by molar-refractivity contribution is -0.168. The lowest BCUT2D eigenvalue weighted by Crippen LogP contribution is -2.63. The minimum absolute atomic E-state index is 0.0750. The molecule has 24 heavy (non-hydrogen) atoms. The van der Waals surface area contributed by atoms with Crippen molar-refractivity contribution in [1.82, 2.24) is 4.90 Å². The van der Waals surface area contributed by atoms with Gasteiger partial charge in [-0.1, -0.05) is 27.7 Å². The fraction of sp³-hybridized carbons (Fsp3) is 0.905. The van der Waals surface area contributed by atoms with Gasteiger partial charge in [-0.3, -0.25) is 9.59 Å². The Hall–Kier alpha value is -0.860. The number of hydrogen-bond donors (Lipinski definition) is 0. The van der Waals surface area contributed by atoms with Crippen molar-refractivity contribution in [3.8, 4) is 0 Å². The number of carbonyl (C=O) groups excluding carboxylic acids is 2. The molecule has 1 aliphatic heterocycles. The zero-order chi connectivity index (χ0) is 17.4. The summed E-state index contributed by atoms with van der Waals surface area (Å²) in [6, 6.07) is 0.395. The summed E-state index contributed by atoms with van der Waals surface area (Å²) in [6.45, 7) is 9.42. The van der Waals surface area contributed by atoms with Crippen molar-refractivity contribution in [1.29, 1.82) is 0 Å². The number of Topliss-reactive ketones (excluding diaryl/α,β-unsaturated/α-hetero) is 1. The lowest BCUT2D eigenvalue weighted by atomic mass is 9.44. The number of fused-ring (bicyclic) bond motifs is 5. The molecule has 0 N–H and O–H groups in total. The quantitative estimate of drug-likeness (QED) is 0.675. The van der Waals surface area contributed by atoms with Gasteiger partial charge in [0.2, 0.25) is 5.91 Å². The van der Waals surface area contributed by atoms with Crippen LogP contribution in [0.15, 0.2) is 0 Å². The van der Waals surface area contributed by atoms with Gasteiger partial charge < -0.3 is 4.90 Å². The third-order valence-corrected chi connectivity index (χ3v) is 8.95. The van der Waals surface area contributed by atoms with E-state index in [2.05, 4.69) is 32.6 Å². The second kappa shape index (κ2) is 5.08. The normalized spacial score (nSPS) is 54.3. The Labute approximate surface area is 146 Å². The summed E-state index contributed by atoms with van der Waals surface area (Å²) >= 11 is 0. The van der Waals surface area contributed by atoms with Crippen LogP contribution in [0.3, 0.4) is 0 Å². The summed E-state index contributed by atoms with van der Waals surface area (Å²) in [4.78, 5) is 27.1. The van der Waals surface area contributed by atoms with E-state index in [1.807, 2.05) is 7.05 Å². The van der Waals surface area contributed by atoms with Gasteiger partial charge in [0.15, 0.2) is 0 Å². The summed E-state index contributed by atoms with van der Waals surface area (Å²) in [7, 11) is 2.02. The number of nitrogens with zero attached hydrogens (tertiary/aromatic N) is 1. The number of rotatable bonds is 0. The highest BCUT2D eigenvalue weighted by molar-refractivity contribution is 5.87. The number of amides is 1. The zero-order valence-electron chi connectivity index (χ0n) is 16.0. The van der Waals surface area contributed by atoms with Gasteiger partial charge in [-0.25, -0.2) is 0 Å². The third kappa shape index (κ3) is 1.90. The number of hydrogen-bond acceptors (Lipinski definition) is 2. The predicted molar refractivity (Wildman–Crippen MR) is 94.3 cm³/mol. The van der Waals surface area contributed by atoms with Gasteiger partial charge in [0.05, 0.1) is 0 Å². The first-order chi connectivity index (χ1) is 11.2. The maximum atomic E-state index is 12.7. The van der Waals surface area contributed by atoms with Crippen LogP contribution in [0.4, 0.5) is 0 Å². The second-order valence-corrected chi connectivity index (χ2v) is 10.0. The van der Waals surface area contributed by atoms with Crippen molar-refractivity contribution >= 4 is 11.7 Å². The van der Waals surface area contributed by atoms with Crippen LogP contribution in [0.2, 0.25) is 0 Å². The van der Waals surface area contributed by atoms with Crippen molar-refractivity contribution in [3.05, 3.63) is 0 Å². The van der Waals surface area contributed by atoms with E-state index in [-0.39, 0.29) is 10.8 Å². The fourth-order valence-corrected chi connectivity index (χ4v) is 7.70. The Balaban J connectivity index is 1.74. The van der Waals surface area contributed by atoms with Crippen LogP contribution >= 0.6 is 0 Å². The summed E-state index contributed by atoms with van der Waals surface area (Å²) in [5.41, 5.74) is 0.168. The molecule has 0 bridgehead atoms. The molecule has 3 saturated carbocycles. The average molecular weight is 332 g/mol. The van der Waals surface area contributed by atoms with Crippen LogP contribution in [-0.4, -0.2) is 29.7 Å². The predicted octanol–water partition coefficient (Wildman–Crippen LogP) is 3.91. The third-order valence-electron chi connectivity index (χ3n) is 8.95. The van der Waals surface area contributed by atoms with E-state index in [4.69, 9.17) is 0 Å². The Bertz CT molecular complexity index is 586. The molecule has 3 aliphatic carbocycles. The molecule has 3 nitrogen and oxygen atoms in total. The molecular formula is C21H33NO2. The van der Waals surface area contributed by atoms with Crippen LogP contribution < -0.4 is 0 Å². The molecule has 134 valence electrons. The number of ketones is 1. The molecule has 0 aromatic carbocycles. The highest BCUT2D eigenvalue weighted by Gasteiger charge is 2.64. The van der Waals surface area contributed by atoms with Gasteiger partial charge in [-0.15, -0.1) is 0 Å². The first kappa shape index (κ1) is 16.6. The molecule has 1 amide bonds. The summed E-state index contributed by atoms with van der Waals surface area (Å²) in [6.07, 6.45) is 5.89. The smallest absolute Gasteiger partial charge is 0.222 e. The van der Waals surface area contributed by atoms with E-state index in [0.29, 0.717) is 53.7 Å².